The van der Waals surface area contributed by atoms with Gasteiger partial charge < -0.3 is 10.2 Å². The summed E-state index contributed by atoms with van der Waals surface area (Å²) in [4.78, 5) is 2.71. The third-order valence-corrected chi connectivity index (χ3v) is 4.91. The summed E-state index contributed by atoms with van der Waals surface area (Å²) in [5.41, 5.74) is 1.40. The average molecular weight is 272 g/mol. The van der Waals surface area contributed by atoms with E-state index in [0.29, 0.717) is 6.04 Å². The van der Waals surface area contributed by atoms with E-state index in [4.69, 9.17) is 0 Å². The van der Waals surface area contributed by atoms with E-state index in [9.17, 15) is 0 Å². The smallest absolute Gasteiger partial charge is 0.0208 e. The minimum atomic E-state index is 0.666. The molecule has 0 radical (unpaired) electrons. The minimum Gasteiger partial charge on any atom is -0.309 e. The van der Waals surface area contributed by atoms with Crippen LogP contribution in [0.2, 0.25) is 0 Å². The first kappa shape index (κ1) is 14.1. The normalized spacial score (nSPS) is 28.2. The first-order chi connectivity index (χ1) is 9.79. The van der Waals surface area contributed by atoms with Crippen molar-refractivity contribution in [2.24, 2.45) is 11.8 Å². The molecule has 2 heteroatoms. The van der Waals surface area contributed by atoms with Crippen LogP contribution in [-0.2, 0) is 6.54 Å². The topological polar surface area (TPSA) is 15.3 Å². The summed E-state index contributed by atoms with van der Waals surface area (Å²) in [6.45, 7) is 7.31. The molecule has 1 heterocycles. The number of nitrogens with one attached hydrogen (secondary N) is 1. The summed E-state index contributed by atoms with van der Waals surface area (Å²) in [7, 11) is 0. The molecule has 1 aromatic carbocycles. The molecular weight excluding hydrogens is 244 g/mol. The predicted molar refractivity (Wildman–Crippen MR) is 84.6 cm³/mol. The second kappa shape index (κ2) is 6.73. The highest BCUT2D eigenvalue weighted by molar-refractivity contribution is 5.14. The van der Waals surface area contributed by atoms with Gasteiger partial charge in [0.15, 0.2) is 0 Å². The molecule has 1 N–H and O–H groups in total. The van der Waals surface area contributed by atoms with Gasteiger partial charge in [0.05, 0.1) is 0 Å². The lowest BCUT2D eigenvalue weighted by Gasteiger charge is -2.40. The van der Waals surface area contributed by atoms with Crippen molar-refractivity contribution in [2.75, 3.05) is 19.6 Å². The standard InChI is InChI=1S/C18H28N2/c1-15-10-18(19-11-16-6-3-2-4-7-16)14-20(12-15)13-17-8-5-9-17/h2-4,6-7,15,17-19H,5,8-14H2,1H3. The number of hydrogen-bond acceptors (Lipinski definition) is 2. The van der Waals surface area contributed by atoms with E-state index >= 15 is 0 Å². The van der Waals surface area contributed by atoms with Crippen LogP contribution in [0.5, 0.6) is 0 Å². The summed E-state index contributed by atoms with van der Waals surface area (Å²) in [6.07, 6.45) is 5.72. The molecule has 1 aliphatic carbocycles. The lowest BCUT2D eigenvalue weighted by molar-refractivity contribution is 0.107. The maximum Gasteiger partial charge on any atom is 0.0208 e. The van der Waals surface area contributed by atoms with Crippen LogP contribution >= 0.6 is 0 Å². The van der Waals surface area contributed by atoms with Crippen LogP contribution in [0.4, 0.5) is 0 Å². The van der Waals surface area contributed by atoms with Gasteiger partial charge in [-0.1, -0.05) is 43.7 Å². The van der Waals surface area contributed by atoms with Crippen LogP contribution in [0.1, 0.15) is 38.2 Å². The Bertz CT molecular complexity index is 399. The Labute approximate surface area is 123 Å². The molecule has 1 aliphatic heterocycles. The molecule has 1 saturated carbocycles. The second-order valence-electron chi connectivity index (χ2n) is 6.92. The molecule has 1 aromatic rings. The van der Waals surface area contributed by atoms with Gasteiger partial charge in [-0.15, -0.1) is 0 Å². The summed E-state index contributed by atoms with van der Waals surface area (Å²) in [5.74, 6) is 1.83. The molecule has 2 fully saturated rings. The zero-order valence-electron chi connectivity index (χ0n) is 12.7. The molecule has 0 amide bonds. The second-order valence-corrected chi connectivity index (χ2v) is 6.92. The van der Waals surface area contributed by atoms with Gasteiger partial charge in [0.2, 0.25) is 0 Å². The van der Waals surface area contributed by atoms with Crippen LogP contribution < -0.4 is 5.32 Å². The molecule has 1 saturated heterocycles. The van der Waals surface area contributed by atoms with Gasteiger partial charge in [-0.25, -0.2) is 0 Å². The first-order valence-electron chi connectivity index (χ1n) is 8.29. The number of hydrogen-bond donors (Lipinski definition) is 1. The fraction of sp³-hybridized carbons (Fsp3) is 0.667. The Morgan fingerprint density at radius 3 is 2.65 bits per heavy atom. The molecule has 0 bridgehead atoms. The van der Waals surface area contributed by atoms with E-state index in [-0.39, 0.29) is 0 Å². The molecule has 0 spiro atoms. The molecule has 2 atom stereocenters. The van der Waals surface area contributed by atoms with Crippen molar-refractivity contribution in [1.29, 1.82) is 0 Å². The molecule has 20 heavy (non-hydrogen) atoms. The van der Waals surface area contributed by atoms with E-state index in [1.54, 1.807) is 0 Å². The Morgan fingerprint density at radius 1 is 1.15 bits per heavy atom. The average Bonchev–Trinajstić information content (AvgIpc) is 2.41. The van der Waals surface area contributed by atoms with Crippen LogP contribution in [0, 0.1) is 11.8 Å². The Morgan fingerprint density at radius 2 is 1.95 bits per heavy atom. The zero-order valence-corrected chi connectivity index (χ0v) is 12.7. The van der Waals surface area contributed by atoms with E-state index in [0.717, 1.165) is 18.4 Å². The molecular formula is C18H28N2. The highest BCUT2D eigenvalue weighted by atomic mass is 15.2. The minimum absolute atomic E-state index is 0.666. The quantitative estimate of drug-likeness (QED) is 0.885. The molecule has 0 aromatic heterocycles. The molecule has 110 valence electrons. The maximum atomic E-state index is 3.77. The van der Waals surface area contributed by atoms with E-state index in [1.807, 2.05) is 0 Å². The summed E-state index contributed by atoms with van der Waals surface area (Å²) in [5, 5.41) is 3.77. The highest BCUT2D eigenvalue weighted by Crippen LogP contribution is 2.28. The van der Waals surface area contributed by atoms with Gasteiger partial charge in [-0.3, -0.25) is 0 Å². The van der Waals surface area contributed by atoms with Crippen LogP contribution in [0.3, 0.4) is 0 Å². The molecule has 2 aliphatic rings. The van der Waals surface area contributed by atoms with Gasteiger partial charge in [0.1, 0.15) is 0 Å². The zero-order chi connectivity index (χ0) is 13.8. The summed E-state index contributed by atoms with van der Waals surface area (Å²) < 4.78 is 0. The number of nitrogens with zero attached hydrogens (tertiary/aromatic N) is 1. The number of piperidine rings is 1. The highest BCUT2D eigenvalue weighted by Gasteiger charge is 2.27. The van der Waals surface area contributed by atoms with Crippen LogP contribution in [0.15, 0.2) is 30.3 Å². The maximum absolute atomic E-state index is 3.77. The molecule has 2 nitrogen and oxygen atoms in total. The van der Waals surface area contributed by atoms with E-state index in [1.165, 1.54) is 50.9 Å². The van der Waals surface area contributed by atoms with Gasteiger partial charge in [0, 0.05) is 32.2 Å². The lowest BCUT2D eigenvalue weighted by atomic mass is 9.84. The fourth-order valence-corrected chi connectivity index (χ4v) is 3.66. The van der Waals surface area contributed by atoms with Crippen molar-refractivity contribution in [3.8, 4) is 0 Å². The van der Waals surface area contributed by atoms with Gasteiger partial charge in [-0.2, -0.15) is 0 Å². The van der Waals surface area contributed by atoms with Crippen molar-refractivity contribution in [1.82, 2.24) is 10.2 Å². The SMILES string of the molecule is CC1CC(NCc2ccccc2)CN(CC2CCC2)C1. The van der Waals surface area contributed by atoms with Crippen molar-refractivity contribution in [3.05, 3.63) is 35.9 Å². The molecule has 3 rings (SSSR count). The van der Waals surface area contributed by atoms with Crippen LogP contribution in [-0.4, -0.2) is 30.6 Å². The third kappa shape index (κ3) is 3.83. The van der Waals surface area contributed by atoms with Crippen molar-refractivity contribution >= 4 is 0 Å². The summed E-state index contributed by atoms with van der Waals surface area (Å²) >= 11 is 0. The van der Waals surface area contributed by atoms with Crippen LogP contribution in [0.25, 0.3) is 0 Å². The monoisotopic (exact) mass is 272 g/mol. The van der Waals surface area contributed by atoms with Crippen molar-refractivity contribution in [3.63, 3.8) is 0 Å². The number of benzene rings is 1. The summed E-state index contributed by atoms with van der Waals surface area (Å²) in [6, 6.07) is 11.4. The van der Waals surface area contributed by atoms with Crippen molar-refractivity contribution < 1.29 is 0 Å². The Balaban J connectivity index is 1.48. The van der Waals surface area contributed by atoms with Gasteiger partial charge >= 0.3 is 0 Å². The molecule has 2 unspecified atom stereocenters. The first-order valence-corrected chi connectivity index (χ1v) is 8.29. The number of rotatable bonds is 5. The lowest BCUT2D eigenvalue weighted by Crippen LogP contribution is -2.50. The fourth-order valence-electron chi connectivity index (χ4n) is 3.66. The van der Waals surface area contributed by atoms with Gasteiger partial charge in [-0.05, 0) is 36.7 Å². The largest absolute Gasteiger partial charge is 0.309 e. The Hall–Kier alpha value is -0.860. The van der Waals surface area contributed by atoms with E-state index in [2.05, 4.69) is 47.5 Å². The van der Waals surface area contributed by atoms with Crippen molar-refractivity contribution in [2.45, 2.75) is 45.2 Å². The number of likely N-dealkylation sites (tertiary alicyclic amines) is 1. The predicted octanol–water partition coefficient (Wildman–Crippen LogP) is 3.29. The van der Waals surface area contributed by atoms with Gasteiger partial charge in [0.25, 0.3) is 0 Å². The Kier molecular flexibility index (Phi) is 4.74. The van der Waals surface area contributed by atoms with E-state index < -0.39 is 0 Å². The third-order valence-electron chi connectivity index (χ3n) is 4.91.